The molecule has 7 nitrogen and oxygen atoms in total. The molecule has 0 unspecified atom stereocenters. The standard InChI is InChI=1S/C14H19N3O4/c18-10-9-16-5-7-17(8-6-16)14(21)15-11-1-3-12(19)13(20)4-2-11/h1-4,18H,5-10H2,(H,15,21)(H,19,20). The Bertz CT molecular complexity index is 556. The van der Waals surface area contributed by atoms with Gasteiger partial charge in [-0.25, -0.2) is 4.79 Å². The number of nitrogens with zero attached hydrogens (tertiary/aromatic N) is 2. The molecule has 114 valence electrons. The van der Waals surface area contributed by atoms with Gasteiger partial charge in [0.1, 0.15) is 0 Å². The van der Waals surface area contributed by atoms with Crippen LogP contribution in [0.25, 0.3) is 0 Å². The molecule has 1 heterocycles. The van der Waals surface area contributed by atoms with Crippen LogP contribution < -0.4 is 10.7 Å². The minimum Gasteiger partial charge on any atom is -0.504 e. The van der Waals surface area contributed by atoms with Crippen LogP contribution in [0.1, 0.15) is 0 Å². The molecular weight excluding hydrogens is 274 g/mol. The molecule has 1 saturated heterocycles. The fourth-order valence-corrected chi connectivity index (χ4v) is 2.16. The number of carbonyl (C=O) groups excluding carboxylic acids is 1. The summed E-state index contributed by atoms with van der Waals surface area (Å²) in [6, 6.07) is 5.18. The van der Waals surface area contributed by atoms with Crippen molar-refractivity contribution < 1.29 is 15.0 Å². The Hall–Kier alpha value is -2.12. The first kappa shape index (κ1) is 15.3. The van der Waals surface area contributed by atoms with E-state index in [0.717, 1.165) is 13.1 Å². The zero-order chi connectivity index (χ0) is 15.2. The average Bonchev–Trinajstić information content (AvgIpc) is 2.64. The normalized spacial score (nSPS) is 15.8. The van der Waals surface area contributed by atoms with E-state index in [-0.39, 0.29) is 18.4 Å². The molecule has 2 rings (SSSR count). The van der Waals surface area contributed by atoms with Crippen molar-refractivity contribution in [2.75, 3.05) is 44.6 Å². The number of nitrogens with one attached hydrogen (secondary N) is 1. The largest absolute Gasteiger partial charge is 0.504 e. The first-order valence-corrected chi connectivity index (χ1v) is 6.82. The molecule has 0 aromatic heterocycles. The number of piperazine rings is 1. The Kier molecular flexibility index (Phi) is 5.13. The van der Waals surface area contributed by atoms with Gasteiger partial charge < -0.3 is 20.4 Å². The highest BCUT2D eigenvalue weighted by Gasteiger charge is 2.20. The highest BCUT2D eigenvalue weighted by molar-refractivity contribution is 5.89. The molecule has 21 heavy (non-hydrogen) atoms. The van der Waals surface area contributed by atoms with Crippen molar-refractivity contribution in [3.63, 3.8) is 0 Å². The van der Waals surface area contributed by atoms with Crippen molar-refractivity contribution in [3.05, 3.63) is 34.5 Å². The molecule has 7 heteroatoms. The zero-order valence-corrected chi connectivity index (χ0v) is 11.7. The molecule has 0 bridgehead atoms. The third-order valence-electron chi connectivity index (χ3n) is 3.41. The maximum atomic E-state index is 12.1. The van der Waals surface area contributed by atoms with E-state index in [0.29, 0.717) is 25.3 Å². The summed E-state index contributed by atoms with van der Waals surface area (Å²) in [4.78, 5) is 27.1. The topological polar surface area (TPSA) is 93.1 Å². The second-order valence-electron chi connectivity index (χ2n) is 4.85. The predicted molar refractivity (Wildman–Crippen MR) is 78.5 cm³/mol. The number of hydrogen-bond acceptors (Lipinski definition) is 5. The summed E-state index contributed by atoms with van der Waals surface area (Å²) < 4.78 is 0. The van der Waals surface area contributed by atoms with Gasteiger partial charge in [0.25, 0.3) is 0 Å². The quantitative estimate of drug-likeness (QED) is 0.723. The fourth-order valence-electron chi connectivity index (χ4n) is 2.16. The number of aromatic hydroxyl groups is 1. The lowest BCUT2D eigenvalue weighted by Gasteiger charge is -2.34. The monoisotopic (exact) mass is 293 g/mol. The van der Waals surface area contributed by atoms with Gasteiger partial charge in [-0.2, -0.15) is 0 Å². The zero-order valence-electron chi connectivity index (χ0n) is 11.7. The first-order valence-electron chi connectivity index (χ1n) is 6.82. The van der Waals surface area contributed by atoms with Crippen molar-refractivity contribution in [1.82, 2.24) is 9.80 Å². The van der Waals surface area contributed by atoms with Crippen LogP contribution in [0, 0.1) is 0 Å². The van der Waals surface area contributed by atoms with E-state index in [9.17, 15) is 14.7 Å². The number of rotatable bonds is 3. The van der Waals surface area contributed by atoms with Crippen LogP contribution in [-0.2, 0) is 0 Å². The molecule has 1 aromatic rings. The molecular formula is C14H19N3O4. The van der Waals surface area contributed by atoms with Gasteiger partial charge in [-0.1, -0.05) is 0 Å². The average molecular weight is 293 g/mol. The van der Waals surface area contributed by atoms with Crippen LogP contribution in [0.2, 0.25) is 0 Å². The van der Waals surface area contributed by atoms with Crippen molar-refractivity contribution in [3.8, 4) is 5.75 Å². The summed E-state index contributed by atoms with van der Waals surface area (Å²) in [6.45, 7) is 3.36. The molecule has 1 aliphatic heterocycles. The number of aliphatic hydroxyl groups excluding tert-OH is 1. The number of amides is 2. The van der Waals surface area contributed by atoms with Crippen LogP contribution in [0.5, 0.6) is 5.75 Å². The number of anilines is 1. The summed E-state index contributed by atoms with van der Waals surface area (Å²) in [7, 11) is 0. The highest BCUT2D eigenvalue weighted by Crippen LogP contribution is 2.09. The molecule has 1 aromatic carbocycles. The number of aliphatic hydroxyl groups is 1. The maximum Gasteiger partial charge on any atom is 0.321 e. The van der Waals surface area contributed by atoms with E-state index >= 15 is 0 Å². The van der Waals surface area contributed by atoms with Gasteiger partial charge in [-0.05, 0) is 24.3 Å². The molecule has 3 N–H and O–H groups in total. The lowest BCUT2D eigenvalue weighted by Crippen LogP contribution is -2.50. The van der Waals surface area contributed by atoms with Gasteiger partial charge in [0, 0.05) is 38.4 Å². The maximum absolute atomic E-state index is 12.1. The number of hydrogen-bond donors (Lipinski definition) is 3. The van der Waals surface area contributed by atoms with Gasteiger partial charge in [-0.3, -0.25) is 9.69 Å². The molecule has 0 aliphatic carbocycles. The second kappa shape index (κ2) is 7.05. The first-order chi connectivity index (χ1) is 10.1. The molecule has 2 amide bonds. The van der Waals surface area contributed by atoms with Crippen LogP contribution in [0.15, 0.2) is 29.1 Å². The van der Waals surface area contributed by atoms with Gasteiger partial charge in [0.2, 0.25) is 5.43 Å². The summed E-state index contributed by atoms with van der Waals surface area (Å²) in [5.41, 5.74) is -0.0386. The lowest BCUT2D eigenvalue weighted by atomic mass is 10.3. The summed E-state index contributed by atoms with van der Waals surface area (Å²) >= 11 is 0. The Morgan fingerprint density at radius 1 is 1.14 bits per heavy atom. The molecule has 0 radical (unpaired) electrons. The van der Waals surface area contributed by atoms with E-state index in [4.69, 9.17) is 5.11 Å². The van der Waals surface area contributed by atoms with E-state index in [2.05, 4.69) is 10.2 Å². The number of urea groups is 1. The molecule has 0 saturated carbocycles. The Labute approximate surface area is 122 Å². The Morgan fingerprint density at radius 2 is 1.81 bits per heavy atom. The van der Waals surface area contributed by atoms with Gasteiger partial charge >= 0.3 is 6.03 Å². The third-order valence-corrected chi connectivity index (χ3v) is 3.41. The minimum absolute atomic E-state index is 0.119. The smallest absolute Gasteiger partial charge is 0.321 e. The minimum atomic E-state index is -0.492. The number of carbonyl (C=O) groups is 1. The van der Waals surface area contributed by atoms with E-state index in [1.807, 2.05) is 0 Å². The Balaban J connectivity index is 1.94. The van der Waals surface area contributed by atoms with Crippen molar-refractivity contribution in [2.24, 2.45) is 0 Å². The lowest BCUT2D eigenvalue weighted by molar-refractivity contribution is 0.127. The van der Waals surface area contributed by atoms with Crippen LogP contribution >= 0.6 is 0 Å². The van der Waals surface area contributed by atoms with Gasteiger partial charge in [0.05, 0.1) is 6.61 Å². The molecule has 1 fully saturated rings. The van der Waals surface area contributed by atoms with Crippen LogP contribution in [-0.4, -0.2) is 65.4 Å². The molecule has 0 spiro atoms. The van der Waals surface area contributed by atoms with E-state index < -0.39 is 5.43 Å². The summed E-state index contributed by atoms with van der Waals surface area (Å²) in [6.07, 6.45) is 0. The highest BCUT2D eigenvalue weighted by atomic mass is 16.3. The predicted octanol–water partition coefficient (Wildman–Crippen LogP) is -0.106. The summed E-state index contributed by atoms with van der Waals surface area (Å²) in [5, 5.41) is 20.9. The molecule has 1 aliphatic rings. The van der Waals surface area contributed by atoms with E-state index in [1.54, 1.807) is 4.90 Å². The van der Waals surface area contributed by atoms with Crippen molar-refractivity contribution in [1.29, 1.82) is 0 Å². The second-order valence-corrected chi connectivity index (χ2v) is 4.85. The van der Waals surface area contributed by atoms with Gasteiger partial charge in [-0.15, -0.1) is 0 Å². The molecule has 0 atom stereocenters. The SMILES string of the molecule is O=C(Nc1ccc(O)c(=O)cc1)N1CCN(CCO)CC1. The van der Waals surface area contributed by atoms with Crippen LogP contribution in [0.3, 0.4) is 0 Å². The van der Waals surface area contributed by atoms with Crippen molar-refractivity contribution in [2.45, 2.75) is 0 Å². The number of β-amino-alcohol motifs (C(OH)–C–C–N with tert-alkyl or cyclic N) is 1. The fraction of sp³-hybridized carbons (Fsp3) is 0.429. The Morgan fingerprint density at radius 3 is 2.48 bits per heavy atom. The third kappa shape index (κ3) is 4.17. The van der Waals surface area contributed by atoms with Crippen LogP contribution in [0.4, 0.5) is 10.5 Å². The summed E-state index contributed by atoms with van der Waals surface area (Å²) in [5.74, 6) is -0.354. The van der Waals surface area contributed by atoms with E-state index in [1.165, 1.54) is 24.3 Å². The van der Waals surface area contributed by atoms with Gasteiger partial charge in [0.15, 0.2) is 5.75 Å². The van der Waals surface area contributed by atoms with Crippen molar-refractivity contribution >= 4 is 11.7 Å².